The first-order chi connectivity index (χ1) is 12.2. The summed E-state index contributed by atoms with van der Waals surface area (Å²) in [7, 11) is 1.16. The summed E-state index contributed by atoms with van der Waals surface area (Å²) in [5.74, 6) is -0.801. The average Bonchev–Trinajstić information content (AvgIpc) is 2.58. The zero-order chi connectivity index (χ0) is 19.5. The molecule has 0 heterocycles. The van der Waals surface area contributed by atoms with Crippen LogP contribution in [0.4, 0.5) is 11.4 Å². The van der Waals surface area contributed by atoms with Crippen LogP contribution in [0.25, 0.3) is 0 Å². The van der Waals surface area contributed by atoms with E-state index in [9.17, 15) is 20.0 Å². The van der Waals surface area contributed by atoms with Crippen LogP contribution in [-0.4, -0.2) is 29.7 Å². The van der Waals surface area contributed by atoms with E-state index in [2.05, 4.69) is 10.1 Å². The van der Waals surface area contributed by atoms with Crippen LogP contribution < -0.4 is 5.32 Å². The molecule has 1 unspecified atom stereocenters. The molecule has 26 heavy (non-hydrogen) atoms. The normalized spacial score (nSPS) is 13.0. The first kappa shape index (κ1) is 19.7. The van der Waals surface area contributed by atoms with Crippen molar-refractivity contribution in [1.29, 1.82) is 0 Å². The van der Waals surface area contributed by atoms with Crippen molar-refractivity contribution < 1.29 is 19.6 Å². The van der Waals surface area contributed by atoms with Gasteiger partial charge in [-0.05, 0) is 43.7 Å². The Bertz CT molecular complexity index is 851. The Hall–Kier alpha value is -2.64. The van der Waals surface area contributed by atoms with Crippen molar-refractivity contribution in [2.45, 2.75) is 19.4 Å². The third kappa shape index (κ3) is 4.30. The van der Waals surface area contributed by atoms with E-state index in [1.165, 1.54) is 13.0 Å². The van der Waals surface area contributed by atoms with Crippen molar-refractivity contribution in [1.82, 2.24) is 0 Å². The number of nitro benzene ring substituents is 1. The molecule has 8 heteroatoms. The Morgan fingerprint density at radius 1 is 1.38 bits per heavy atom. The van der Waals surface area contributed by atoms with Crippen LogP contribution in [0.2, 0.25) is 5.02 Å². The Kier molecular flexibility index (Phi) is 5.84. The number of halogens is 1. The molecular weight excluding hydrogens is 360 g/mol. The molecular formula is C18H19ClN2O5. The molecule has 0 saturated carbocycles. The highest BCUT2D eigenvalue weighted by Gasteiger charge is 2.26. The summed E-state index contributed by atoms with van der Waals surface area (Å²) in [6, 6.07) is 9.72. The molecule has 0 amide bonds. The van der Waals surface area contributed by atoms with Gasteiger partial charge in [0.1, 0.15) is 11.2 Å². The molecule has 2 N–H and O–H groups in total. The number of hydrogen-bond acceptors (Lipinski definition) is 6. The minimum Gasteiger partial charge on any atom is -0.465 e. The molecule has 0 aliphatic rings. The van der Waals surface area contributed by atoms with E-state index in [1.54, 1.807) is 37.3 Å². The van der Waals surface area contributed by atoms with Gasteiger partial charge in [-0.1, -0.05) is 23.7 Å². The summed E-state index contributed by atoms with van der Waals surface area (Å²) in [6.45, 7) is 3.25. The fourth-order valence-electron chi connectivity index (χ4n) is 2.59. The molecule has 2 aromatic carbocycles. The molecule has 0 saturated heterocycles. The smallest absolute Gasteiger partial charge is 0.344 e. The van der Waals surface area contributed by atoms with Crippen LogP contribution in [0.5, 0.6) is 0 Å². The number of esters is 1. The highest BCUT2D eigenvalue weighted by atomic mass is 35.5. The standard InChI is InChI=1S/C18H19ClN2O5/c1-11-7-14(9-15(17(22)26-3)16(11)21(24)25)20-10-18(2,23)12-5-4-6-13(19)8-12/h4-9,20,23H,10H2,1-3H3. The number of carbonyl (C=O) groups excluding carboxylic acids is 1. The number of benzene rings is 2. The largest absolute Gasteiger partial charge is 0.465 e. The summed E-state index contributed by atoms with van der Waals surface area (Å²) in [6.07, 6.45) is 0. The van der Waals surface area contributed by atoms with Gasteiger partial charge in [0.05, 0.1) is 12.0 Å². The summed E-state index contributed by atoms with van der Waals surface area (Å²) in [4.78, 5) is 22.5. The predicted molar refractivity (Wildman–Crippen MR) is 98.7 cm³/mol. The number of anilines is 1. The molecule has 0 spiro atoms. The van der Waals surface area contributed by atoms with Crippen LogP contribution in [0.1, 0.15) is 28.4 Å². The van der Waals surface area contributed by atoms with Gasteiger partial charge in [-0.25, -0.2) is 4.79 Å². The highest BCUT2D eigenvalue weighted by molar-refractivity contribution is 6.30. The maximum absolute atomic E-state index is 11.9. The molecule has 0 aromatic heterocycles. The van der Waals surface area contributed by atoms with Gasteiger partial charge in [0.2, 0.25) is 0 Å². The molecule has 0 fully saturated rings. The maximum Gasteiger partial charge on any atom is 0.344 e. The van der Waals surface area contributed by atoms with Gasteiger partial charge in [0, 0.05) is 22.8 Å². The number of aliphatic hydroxyl groups is 1. The number of nitrogens with one attached hydrogen (secondary N) is 1. The Morgan fingerprint density at radius 3 is 2.65 bits per heavy atom. The maximum atomic E-state index is 11.9. The van der Waals surface area contributed by atoms with Crippen molar-refractivity contribution in [3.8, 4) is 0 Å². The number of hydrogen-bond donors (Lipinski definition) is 2. The second kappa shape index (κ2) is 7.72. The lowest BCUT2D eigenvalue weighted by molar-refractivity contribution is -0.385. The zero-order valence-corrected chi connectivity index (χ0v) is 15.3. The molecule has 2 rings (SSSR count). The third-order valence-electron chi connectivity index (χ3n) is 3.97. The number of methoxy groups -OCH3 is 1. The van der Waals surface area contributed by atoms with Crippen LogP contribution in [0.3, 0.4) is 0 Å². The summed E-state index contributed by atoms with van der Waals surface area (Å²) in [5.41, 5.74) is -0.319. The quantitative estimate of drug-likeness (QED) is 0.452. The van der Waals surface area contributed by atoms with E-state index >= 15 is 0 Å². The van der Waals surface area contributed by atoms with Gasteiger partial charge >= 0.3 is 5.97 Å². The zero-order valence-electron chi connectivity index (χ0n) is 14.6. The summed E-state index contributed by atoms with van der Waals surface area (Å²) < 4.78 is 4.63. The first-order valence-corrected chi connectivity index (χ1v) is 8.13. The van der Waals surface area contributed by atoms with E-state index in [4.69, 9.17) is 11.6 Å². The van der Waals surface area contributed by atoms with Crippen molar-refractivity contribution in [2.75, 3.05) is 19.0 Å². The van der Waals surface area contributed by atoms with Crippen LogP contribution in [0.15, 0.2) is 36.4 Å². The monoisotopic (exact) mass is 378 g/mol. The molecule has 0 aliphatic carbocycles. The molecule has 1 atom stereocenters. The molecule has 2 aromatic rings. The number of nitro groups is 1. The van der Waals surface area contributed by atoms with Gasteiger partial charge in [-0.3, -0.25) is 10.1 Å². The Labute approximate surface area is 155 Å². The van der Waals surface area contributed by atoms with E-state index in [0.29, 0.717) is 21.8 Å². The van der Waals surface area contributed by atoms with Gasteiger partial charge in [-0.2, -0.15) is 0 Å². The third-order valence-corrected chi connectivity index (χ3v) is 4.21. The topological polar surface area (TPSA) is 102 Å². The van der Waals surface area contributed by atoms with Crippen LogP contribution >= 0.6 is 11.6 Å². The number of rotatable bonds is 6. The van der Waals surface area contributed by atoms with Crippen molar-refractivity contribution in [3.05, 3.63) is 68.2 Å². The van der Waals surface area contributed by atoms with E-state index in [0.717, 1.165) is 7.11 Å². The van der Waals surface area contributed by atoms with Gasteiger partial charge in [0.15, 0.2) is 0 Å². The molecule has 0 radical (unpaired) electrons. The summed E-state index contributed by atoms with van der Waals surface area (Å²) in [5, 5.41) is 25.4. The molecule has 7 nitrogen and oxygen atoms in total. The Balaban J connectivity index is 2.31. The fourth-order valence-corrected chi connectivity index (χ4v) is 2.78. The van der Waals surface area contributed by atoms with Crippen molar-refractivity contribution in [2.24, 2.45) is 0 Å². The molecule has 138 valence electrons. The lowest BCUT2D eigenvalue weighted by Gasteiger charge is -2.25. The van der Waals surface area contributed by atoms with Gasteiger partial charge in [0.25, 0.3) is 5.69 Å². The number of carbonyl (C=O) groups is 1. The Morgan fingerprint density at radius 2 is 2.08 bits per heavy atom. The minimum absolute atomic E-state index is 0.102. The molecule has 0 bridgehead atoms. The number of ether oxygens (including phenoxy) is 1. The van der Waals surface area contributed by atoms with Crippen LogP contribution in [-0.2, 0) is 10.3 Å². The number of aryl methyl sites for hydroxylation is 1. The van der Waals surface area contributed by atoms with Crippen molar-refractivity contribution in [3.63, 3.8) is 0 Å². The van der Waals surface area contributed by atoms with Crippen LogP contribution in [0, 0.1) is 17.0 Å². The summed E-state index contributed by atoms with van der Waals surface area (Å²) >= 11 is 5.96. The highest BCUT2D eigenvalue weighted by Crippen LogP contribution is 2.29. The van der Waals surface area contributed by atoms with Gasteiger partial charge in [-0.15, -0.1) is 0 Å². The second-order valence-electron chi connectivity index (χ2n) is 6.08. The molecule has 0 aliphatic heterocycles. The van der Waals surface area contributed by atoms with E-state index < -0.39 is 16.5 Å². The average molecular weight is 379 g/mol. The lowest BCUT2D eigenvalue weighted by atomic mass is 9.96. The van der Waals surface area contributed by atoms with E-state index in [-0.39, 0.29) is 17.8 Å². The fraction of sp³-hybridized carbons (Fsp3) is 0.278. The SMILES string of the molecule is COC(=O)c1cc(NCC(C)(O)c2cccc(Cl)c2)cc(C)c1[N+](=O)[O-]. The first-order valence-electron chi connectivity index (χ1n) is 7.75. The predicted octanol–water partition coefficient (Wildman–Crippen LogP) is 3.66. The van der Waals surface area contributed by atoms with Gasteiger partial charge < -0.3 is 15.2 Å². The van der Waals surface area contributed by atoms with E-state index in [1.807, 2.05) is 0 Å². The van der Waals surface area contributed by atoms with Crippen molar-refractivity contribution >= 4 is 28.9 Å². The number of nitrogens with zero attached hydrogens (tertiary/aromatic N) is 1. The minimum atomic E-state index is -1.24. The lowest BCUT2D eigenvalue weighted by Crippen LogP contribution is -2.30. The second-order valence-corrected chi connectivity index (χ2v) is 6.51.